The quantitative estimate of drug-likeness (QED) is 0.770. The van der Waals surface area contributed by atoms with E-state index in [2.05, 4.69) is 4.72 Å². The van der Waals surface area contributed by atoms with Gasteiger partial charge in [-0.1, -0.05) is 0 Å². The standard InChI is InChI=1S/C10H16N2O5S/c1-7(6-12(2)3)11-18(15,16)9-5-4-8(17-9)10(13)14/h4-5,7,11H,6H2,1-3H3,(H,13,14). The van der Waals surface area contributed by atoms with E-state index in [1.807, 2.05) is 19.0 Å². The number of carbonyl (C=O) groups is 1. The van der Waals surface area contributed by atoms with Crippen LogP contribution in [-0.4, -0.2) is 51.1 Å². The van der Waals surface area contributed by atoms with Gasteiger partial charge in [0.15, 0.2) is 0 Å². The van der Waals surface area contributed by atoms with Crippen LogP contribution in [0.25, 0.3) is 0 Å². The molecule has 1 heterocycles. The molecule has 0 aromatic carbocycles. The molecular weight excluding hydrogens is 260 g/mol. The van der Waals surface area contributed by atoms with Crippen LogP contribution in [0.5, 0.6) is 0 Å². The molecule has 0 saturated carbocycles. The highest BCUT2D eigenvalue weighted by Crippen LogP contribution is 2.14. The van der Waals surface area contributed by atoms with Crippen LogP contribution in [0.2, 0.25) is 0 Å². The van der Waals surface area contributed by atoms with Crippen molar-refractivity contribution in [2.24, 2.45) is 0 Å². The number of hydrogen-bond donors (Lipinski definition) is 2. The van der Waals surface area contributed by atoms with Crippen molar-refractivity contribution in [2.45, 2.75) is 18.1 Å². The van der Waals surface area contributed by atoms with E-state index >= 15 is 0 Å². The summed E-state index contributed by atoms with van der Waals surface area (Å²) < 4.78 is 30.8. The summed E-state index contributed by atoms with van der Waals surface area (Å²) in [4.78, 5) is 12.4. The van der Waals surface area contributed by atoms with E-state index in [-0.39, 0.29) is 6.04 Å². The van der Waals surface area contributed by atoms with Crippen molar-refractivity contribution in [3.8, 4) is 0 Å². The number of carboxylic acid groups (broad SMARTS) is 1. The summed E-state index contributed by atoms with van der Waals surface area (Å²) >= 11 is 0. The number of carboxylic acids is 1. The van der Waals surface area contributed by atoms with Gasteiger partial charge in [-0.15, -0.1) is 0 Å². The summed E-state index contributed by atoms with van der Waals surface area (Å²) in [6, 6.07) is 1.91. The second kappa shape index (κ2) is 5.51. The molecule has 0 aliphatic heterocycles. The average Bonchev–Trinajstić information content (AvgIpc) is 2.63. The molecule has 0 saturated heterocycles. The van der Waals surface area contributed by atoms with Crippen molar-refractivity contribution < 1.29 is 22.7 Å². The Labute approximate surface area is 105 Å². The zero-order valence-corrected chi connectivity index (χ0v) is 11.2. The Bertz CT molecular complexity index is 520. The highest BCUT2D eigenvalue weighted by atomic mass is 32.2. The number of likely N-dealkylation sites (N-methyl/N-ethyl adjacent to an activating group) is 1. The predicted octanol–water partition coefficient (Wildman–Crippen LogP) is 0.206. The molecule has 1 unspecified atom stereocenters. The predicted molar refractivity (Wildman–Crippen MR) is 64.0 cm³/mol. The fourth-order valence-electron chi connectivity index (χ4n) is 1.49. The van der Waals surface area contributed by atoms with Gasteiger partial charge in [0.25, 0.3) is 10.0 Å². The zero-order valence-electron chi connectivity index (χ0n) is 10.4. The maximum Gasteiger partial charge on any atom is 0.371 e. The Hall–Kier alpha value is -1.38. The molecule has 0 aliphatic carbocycles. The molecular formula is C10H16N2O5S. The molecule has 0 bridgehead atoms. The van der Waals surface area contributed by atoms with E-state index < -0.39 is 26.8 Å². The van der Waals surface area contributed by atoms with Crippen LogP contribution in [0.1, 0.15) is 17.5 Å². The van der Waals surface area contributed by atoms with Crippen LogP contribution < -0.4 is 4.72 Å². The monoisotopic (exact) mass is 276 g/mol. The Morgan fingerprint density at radius 1 is 1.50 bits per heavy atom. The zero-order chi connectivity index (χ0) is 13.9. The first kappa shape index (κ1) is 14.7. The van der Waals surface area contributed by atoms with Gasteiger partial charge >= 0.3 is 5.97 Å². The van der Waals surface area contributed by atoms with Gasteiger partial charge in [0.1, 0.15) is 0 Å². The fraction of sp³-hybridized carbons (Fsp3) is 0.500. The third-order valence-corrected chi connectivity index (χ3v) is 3.51. The maximum absolute atomic E-state index is 11.8. The number of aromatic carboxylic acids is 1. The summed E-state index contributed by atoms with van der Waals surface area (Å²) in [5.41, 5.74) is 0. The van der Waals surface area contributed by atoms with Crippen molar-refractivity contribution >= 4 is 16.0 Å². The first-order valence-electron chi connectivity index (χ1n) is 5.22. The van der Waals surface area contributed by atoms with Crippen LogP contribution in [0.3, 0.4) is 0 Å². The maximum atomic E-state index is 11.8. The SMILES string of the molecule is CC(CN(C)C)NS(=O)(=O)c1ccc(C(=O)O)o1. The van der Waals surface area contributed by atoms with Gasteiger partial charge in [0.2, 0.25) is 10.9 Å². The van der Waals surface area contributed by atoms with E-state index in [1.165, 1.54) is 0 Å². The third kappa shape index (κ3) is 3.83. The average molecular weight is 276 g/mol. The molecule has 7 nitrogen and oxygen atoms in total. The molecule has 8 heteroatoms. The van der Waals surface area contributed by atoms with Crippen molar-refractivity contribution in [1.29, 1.82) is 0 Å². The fourth-order valence-corrected chi connectivity index (χ4v) is 2.65. The molecule has 1 aromatic heterocycles. The van der Waals surface area contributed by atoms with Gasteiger partial charge in [-0.25, -0.2) is 17.9 Å². The van der Waals surface area contributed by atoms with E-state index in [0.29, 0.717) is 6.54 Å². The summed E-state index contributed by atoms with van der Waals surface area (Å²) in [5.74, 6) is -1.71. The lowest BCUT2D eigenvalue weighted by Gasteiger charge is -2.17. The van der Waals surface area contributed by atoms with E-state index in [9.17, 15) is 13.2 Å². The van der Waals surface area contributed by atoms with E-state index in [1.54, 1.807) is 6.92 Å². The van der Waals surface area contributed by atoms with Gasteiger partial charge < -0.3 is 14.4 Å². The Morgan fingerprint density at radius 3 is 2.56 bits per heavy atom. The molecule has 1 aromatic rings. The second-order valence-electron chi connectivity index (χ2n) is 4.21. The minimum absolute atomic E-state index is 0.316. The minimum atomic E-state index is -3.82. The summed E-state index contributed by atoms with van der Waals surface area (Å²) in [6.45, 7) is 2.23. The highest BCUT2D eigenvalue weighted by Gasteiger charge is 2.23. The number of nitrogens with one attached hydrogen (secondary N) is 1. The lowest BCUT2D eigenvalue weighted by Crippen LogP contribution is -2.39. The Kier molecular flexibility index (Phi) is 4.49. The van der Waals surface area contributed by atoms with Gasteiger partial charge in [-0.2, -0.15) is 0 Å². The molecule has 0 radical (unpaired) electrons. The summed E-state index contributed by atoms with van der Waals surface area (Å²) in [6.07, 6.45) is 0. The lowest BCUT2D eigenvalue weighted by molar-refractivity contribution is 0.0656. The molecule has 1 atom stereocenters. The molecule has 0 fully saturated rings. The molecule has 18 heavy (non-hydrogen) atoms. The van der Waals surface area contributed by atoms with Crippen molar-refractivity contribution in [1.82, 2.24) is 9.62 Å². The number of nitrogens with zero attached hydrogens (tertiary/aromatic N) is 1. The van der Waals surface area contributed by atoms with E-state index in [0.717, 1.165) is 12.1 Å². The van der Waals surface area contributed by atoms with Crippen molar-refractivity contribution in [3.05, 3.63) is 17.9 Å². The topological polar surface area (TPSA) is 99.9 Å². The largest absolute Gasteiger partial charge is 0.475 e. The van der Waals surface area contributed by atoms with Gasteiger partial charge in [0.05, 0.1) is 0 Å². The minimum Gasteiger partial charge on any atom is -0.475 e. The Balaban J connectivity index is 2.82. The molecule has 1 rings (SSSR count). The van der Waals surface area contributed by atoms with Gasteiger partial charge in [0, 0.05) is 12.6 Å². The summed E-state index contributed by atoms with van der Waals surface area (Å²) in [5, 5.41) is 8.25. The van der Waals surface area contributed by atoms with Crippen molar-refractivity contribution in [3.63, 3.8) is 0 Å². The number of hydrogen-bond acceptors (Lipinski definition) is 5. The number of rotatable bonds is 6. The lowest BCUT2D eigenvalue weighted by atomic mass is 10.3. The van der Waals surface area contributed by atoms with Crippen LogP contribution in [0.4, 0.5) is 0 Å². The number of furan rings is 1. The van der Waals surface area contributed by atoms with E-state index in [4.69, 9.17) is 9.52 Å². The first-order valence-corrected chi connectivity index (χ1v) is 6.71. The number of sulfonamides is 1. The molecule has 0 aliphatic rings. The Morgan fingerprint density at radius 2 is 2.11 bits per heavy atom. The van der Waals surface area contributed by atoms with Crippen LogP contribution in [0, 0.1) is 0 Å². The normalized spacial score (nSPS) is 13.8. The third-order valence-electron chi connectivity index (χ3n) is 2.05. The van der Waals surface area contributed by atoms with Crippen molar-refractivity contribution in [2.75, 3.05) is 20.6 Å². The van der Waals surface area contributed by atoms with Crippen LogP contribution in [-0.2, 0) is 10.0 Å². The van der Waals surface area contributed by atoms with Crippen LogP contribution in [0.15, 0.2) is 21.6 Å². The highest BCUT2D eigenvalue weighted by molar-refractivity contribution is 7.89. The second-order valence-corrected chi connectivity index (χ2v) is 5.85. The van der Waals surface area contributed by atoms with Gasteiger partial charge in [-0.3, -0.25) is 0 Å². The smallest absolute Gasteiger partial charge is 0.371 e. The molecule has 0 amide bonds. The molecule has 2 N–H and O–H groups in total. The first-order chi connectivity index (χ1) is 8.22. The van der Waals surface area contributed by atoms with Crippen LogP contribution >= 0.6 is 0 Å². The molecule has 0 spiro atoms. The van der Waals surface area contributed by atoms with Gasteiger partial charge in [-0.05, 0) is 33.2 Å². The summed E-state index contributed by atoms with van der Waals surface area (Å²) in [7, 11) is -0.185. The molecule has 102 valence electrons.